The fourth-order valence-electron chi connectivity index (χ4n) is 13.9. The summed E-state index contributed by atoms with van der Waals surface area (Å²) in [5.41, 5.74) is 23.9. The Labute approximate surface area is 501 Å². The Morgan fingerprint density at radius 3 is 1.02 bits per heavy atom. The molecule has 0 saturated carbocycles. The van der Waals surface area contributed by atoms with Crippen molar-refractivity contribution in [2.75, 3.05) is 19.6 Å². The van der Waals surface area contributed by atoms with E-state index in [9.17, 15) is 0 Å². The van der Waals surface area contributed by atoms with E-state index < -0.39 is 0 Å². The summed E-state index contributed by atoms with van der Waals surface area (Å²) >= 11 is 0. The van der Waals surface area contributed by atoms with E-state index in [1.54, 1.807) is 0 Å². The second-order valence-corrected chi connectivity index (χ2v) is 22.3. The molecule has 8 heteroatoms. The molecule has 0 N–H and O–H groups in total. The molecule has 4 aliphatic heterocycles. The number of rotatable bonds is 10. The molecule has 6 nitrogen and oxygen atoms in total. The van der Waals surface area contributed by atoms with Gasteiger partial charge in [0.1, 0.15) is 23.0 Å². The van der Waals surface area contributed by atoms with Gasteiger partial charge in [0.2, 0.25) is 0 Å². The molecule has 86 heavy (non-hydrogen) atoms. The summed E-state index contributed by atoms with van der Waals surface area (Å²) in [6.45, 7) is -0.373. The molecule has 0 spiro atoms. The van der Waals surface area contributed by atoms with Crippen molar-refractivity contribution < 1.29 is 9.47 Å². The van der Waals surface area contributed by atoms with E-state index >= 15 is 0 Å². The number of para-hydroxylation sites is 8. The number of benzene rings is 13. The summed E-state index contributed by atoms with van der Waals surface area (Å²) in [7, 11) is 0. The van der Waals surface area contributed by atoms with Gasteiger partial charge in [0.15, 0.2) is 0 Å². The third-order valence-corrected chi connectivity index (χ3v) is 17.5. The smallest absolute Gasteiger partial charge is 0.256 e. The third-order valence-electron chi connectivity index (χ3n) is 17.5. The molecule has 13 aromatic rings. The van der Waals surface area contributed by atoms with Crippen LogP contribution in [0.15, 0.2) is 315 Å². The lowest BCUT2D eigenvalue weighted by Crippen LogP contribution is -2.63. The first kappa shape index (κ1) is 49.4. The molecule has 0 aliphatic carbocycles. The van der Waals surface area contributed by atoms with Crippen LogP contribution in [-0.2, 0) is 0 Å². The highest BCUT2D eigenvalue weighted by Crippen LogP contribution is 2.51. The first-order chi connectivity index (χ1) is 42.7. The number of anilines is 12. The molecule has 4 heterocycles. The summed E-state index contributed by atoms with van der Waals surface area (Å²) < 4.78 is 14.6. The molecule has 0 atom stereocenters. The van der Waals surface area contributed by atoms with Gasteiger partial charge in [-0.2, -0.15) is 0 Å². The van der Waals surface area contributed by atoms with E-state index in [-0.39, 0.29) is 13.4 Å². The van der Waals surface area contributed by atoms with Gasteiger partial charge in [-0.3, -0.25) is 0 Å². The maximum Gasteiger partial charge on any atom is 0.256 e. The van der Waals surface area contributed by atoms with E-state index in [0.717, 1.165) is 135 Å². The van der Waals surface area contributed by atoms with E-state index in [1.807, 2.05) is 0 Å². The normalized spacial score (nSPS) is 12.7. The SMILES string of the molecule is c1ccc(-c2ccccc2N(c2ccccc2)c2cc3c4c(c2)N(c2ccccc2)c2cc5c(cc2B4c2ccccc2O3)B2c3ccccc3Oc3cc(N(c4ccccc4)c4ccccc4-c4ccccc4)cc(c32)N5c2ccccc2)cc1. The van der Waals surface area contributed by atoms with Gasteiger partial charge in [-0.1, -0.05) is 212 Å². The average molecular weight is 1100 g/mol. The highest BCUT2D eigenvalue weighted by atomic mass is 16.5. The van der Waals surface area contributed by atoms with E-state index in [4.69, 9.17) is 9.47 Å². The Balaban J connectivity index is 0.942. The van der Waals surface area contributed by atoms with Crippen molar-refractivity contribution in [3.05, 3.63) is 315 Å². The zero-order valence-corrected chi connectivity index (χ0v) is 46.8. The van der Waals surface area contributed by atoms with Gasteiger partial charge in [-0.25, -0.2) is 0 Å². The van der Waals surface area contributed by atoms with E-state index in [2.05, 4.69) is 335 Å². The second-order valence-electron chi connectivity index (χ2n) is 22.3. The summed E-state index contributed by atoms with van der Waals surface area (Å²) in [6.07, 6.45) is 0. The Morgan fingerprint density at radius 1 is 0.256 bits per heavy atom. The predicted molar refractivity (Wildman–Crippen MR) is 358 cm³/mol. The quantitative estimate of drug-likeness (QED) is 0.127. The number of ether oxygens (including phenoxy) is 2. The highest BCUT2D eigenvalue weighted by molar-refractivity contribution is 7.02. The minimum atomic E-state index is -0.186. The first-order valence-electron chi connectivity index (χ1n) is 29.5. The van der Waals surface area contributed by atoms with Crippen LogP contribution in [0, 0.1) is 0 Å². The lowest BCUT2D eigenvalue weighted by Gasteiger charge is -2.45. The summed E-state index contributed by atoms with van der Waals surface area (Å²) in [6, 6.07) is 114. The zero-order chi connectivity index (χ0) is 56.7. The molecule has 0 bridgehead atoms. The lowest BCUT2D eigenvalue weighted by molar-refractivity contribution is 0.487. The molecule has 0 fully saturated rings. The molecule has 0 amide bonds. The van der Waals surface area contributed by atoms with Gasteiger partial charge in [0.05, 0.1) is 22.7 Å². The molecule has 402 valence electrons. The maximum absolute atomic E-state index is 7.29. The monoisotopic (exact) mass is 1100 g/mol. The van der Waals surface area contributed by atoms with Crippen molar-refractivity contribution in [2.45, 2.75) is 0 Å². The van der Waals surface area contributed by atoms with E-state index in [0.29, 0.717) is 0 Å². The van der Waals surface area contributed by atoms with Gasteiger partial charge in [-0.15, -0.1) is 0 Å². The van der Waals surface area contributed by atoms with Crippen LogP contribution in [0.1, 0.15) is 0 Å². The van der Waals surface area contributed by atoms with Crippen molar-refractivity contribution >= 4 is 114 Å². The van der Waals surface area contributed by atoms with Crippen molar-refractivity contribution in [1.82, 2.24) is 0 Å². The van der Waals surface area contributed by atoms with Gasteiger partial charge >= 0.3 is 0 Å². The zero-order valence-electron chi connectivity index (χ0n) is 46.8. The van der Waals surface area contributed by atoms with Crippen LogP contribution in [0.25, 0.3) is 22.3 Å². The fourth-order valence-corrected chi connectivity index (χ4v) is 13.9. The highest BCUT2D eigenvalue weighted by Gasteiger charge is 2.48. The number of fused-ring (bicyclic) bond motifs is 8. The molecule has 0 radical (unpaired) electrons. The second kappa shape index (κ2) is 20.3. The van der Waals surface area contributed by atoms with Crippen LogP contribution in [0.5, 0.6) is 23.0 Å². The standard InChI is InChI=1S/C78H52B2N4O2/c1-7-27-53(28-8-1)61-39-19-23-43-67(61)81(55-31-11-3-12-32-55)59-47-71-77-75(49-59)85-73-45-25-21-41-63(73)79(77)65-51-66-70(52-69(65)83(71)57-35-15-5-16-36-57)84(58-37-17-6-18-38-58)72-48-60(50-76-78(72)80(66)64-42-22-26-46-74(64)86-76)82(56-33-13-4-14-34-56)68-44-24-20-40-62(68)54-29-9-2-10-30-54/h1-52H. The number of hydrogen-bond donors (Lipinski definition) is 0. The Bertz CT molecular complexity index is 4450. The molecule has 13 aromatic carbocycles. The Kier molecular flexibility index (Phi) is 11.7. The van der Waals surface area contributed by atoms with Crippen LogP contribution in [0.4, 0.5) is 68.2 Å². The fraction of sp³-hybridized carbons (Fsp3) is 0. The average Bonchev–Trinajstić information content (AvgIpc) is 0.714. The van der Waals surface area contributed by atoms with Gasteiger partial charge in [0, 0.05) is 68.8 Å². The van der Waals surface area contributed by atoms with Crippen LogP contribution in [0.2, 0.25) is 0 Å². The minimum absolute atomic E-state index is 0.186. The third kappa shape index (κ3) is 7.98. The Hall–Kier alpha value is -11.2. The summed E-state index contributed by atoms with van der Waals surface area (Å²) in [4.78, 5) is 9.78. The predicted octanol–water partition coefficient (Wildman–Crippen LogP) is 16.8. The Morgan fingerprint density at radius 2 is 0.605 bits per heavy atom. The largest absolute Gasteiger partial charge is 0.458 e. The topological polar surface area (TPSA) is 31.4 Å². The van der Waals surface area contributed by atoms with Crippen molar-refractivity contribution in [3.63, 3.8) is 0 Å². The molecule has 0 saturated heterocycles. The maximum atomic E-state index is 7.29. The number of hydrogen-bond acceptors (Lipinski definition) is 6. The minimum Gasteiger partial charge on any atom is -0.458 e. The summed E-state index contributed by atoms with van der Waals surface area (Å²) in [5.74, 6) is 3.34. The number of nitrogens with zero attached hydrogens (tertiary/aromatic N) is 4. The van der Waals surface area contributed by atoms with Crippen molar-refractivity contribution in [3.8, 4) is 45.3 Å². The van der Waals surface area contributed by atoms with Gasteiger partial charge in [-0.05, 0) is 135 Å². The van der Waals surface area contributed by atoms with Crippen molar-refractivity contribution in [1.29, 1.82) is 0 Å². The lowest BCUT2D eigenvalue weighted by atomic mass is 9.31. The molecular weight excluding hydrogens is 1050 g/mol. The summed E-state index contributed by atoms with van der Waals surface area (Å²) in [5, 5.41) is 0. The molecule has 0 unspecified atom stereocenters. The van der Waals surface area contributed by atoms with Gasteiger partial charge < -0.3 is 29.1 Å². The van der Waals surface area contributed by atoms with Crippen molar-refractivity contribution in [2.24, 2.45) is 0 Å². The van der Waals surface area contributed by atoms with Crippen LogP contribution in [-0.4, -0.2) is 13.4 Å². The molecule has 0 aromatic heterocycles. The van der Waals surface area contributed by atoms with Crippen LogP contribution >= 0.6 is 0 Å². The van der Waals surface area contributed by atoms with E-state index in [1.165, 1.54) is 10.9 Å². The first-order valence-corrected chi connectivity index (χ1v) is 29.5. The van der Waals surface area contributed by atoms with Crippen LogP contribution < -0.4 is 61.9 Å². The van der Waals surface area contributed by atoms with Gasteiger partial charge in [0.25, 0.3) is 13.4 Å². The molecule has 17 rings (SSSR count). The molecule has 4 aliphatic rings. The van der Waals surface area contributed by atoms with Crippen LogP contribution in [0.3, 0.4) is 0 Å². The molecular formula is C78H52B2N4O2.